The first kappa shape index (κ1) is 57.1. The molecule has 18 nitrogen and oxygen atoms in total. The van der Waals surface area contributed by atoms with Crippen LogP contribution in [0.15, 0.2) is 36.7 Å². The summed E-state index contributed by atoms with van der Waals surface area (Å²) in [5.74, 6) is -2.52. The number of aromatic nitrogens is 4. The van der Waals surface area contributed by atoms with Crippen LogP contribution in [0.3, 0.4) is 0 Å². The van der Waals surface area contributed by atoms with Crippen molar-refractivity contribution in [3.05, 3.63) is 48.1 Å². The minimum Gasteiger partial charge on any atom is -0.481 e. The van der Waals surface area contributed by atoms with Crippen LogP contribution in [-0.2, 0) is 25.5 Å². The summed E-state index contributed by atoms with van der Waals surface area (Å²) in [6.07, 6.45) is 16.8. The molecule has 2 aromatic rings. The molecule has 12 rings (SSSR count). The zero-order valence-electron chi connectivity index (χ0n) is 47.6. The summed E-state index contributed by atoms with van der Waals surface area (Å²) in [4.78, 5) is 45.5. The number of hydrogen-bond donors (Lipinski definition) is 12. The van der Waals surface area contributed by atoms with Gasteiger partial charge in [-0.25, -0.2) is 9.97 Å². The normalized spacial score (nSPS) is 46.8. The van der Waals surface area contributed by atoms with Gasteiger partial charge in [-0.2, -0.15) is 0 Å². The molecule has 80 heavy (non-hydrogen) atoms. The van der Waals surface area contributed by atoms with E-state index in [-0.39, 0.29) is 67.7 Å². The number of ether oxygens (including phenoxy) is 2. The molecule has 8 aliphatic carbocycles. The van der Waals surface area contributed by atoms with E-state index in [9.17, 15) is 45.6 Å². The number of hydrogen-bond acceptors (Lipinski definition) is 14. The van der Waals surface area contributed by atoms with E-state index in [2.05, 4.69) is 52.1 Å². The summed E-state index contributed by atoms with van der Waals surface area (Å²) in [6.45, 7) is 6.09. The maximum Gasteiger partial charge on any atom is 0.310 e. The van der Waals surface area contributed by atoms with E-state index in [1.807, 2.05) is 6.20 Å². The lowest BCUT2D eigenvalue weighted by molar-refractivity contribution is -0.376. The molecule has 2 aliphatic heterocycles. The topological polar surface area (TPSA) is 310 Å². The van der Waals surface area contributed by atoms with Gasteiger partial charge in [0.15, 0.2) is 6.29 Å². The summed E-state index contributed by atoms with van der Waals surface area (Å²) in [5.41, 5.74) is 3.57. The Labute approximate surface area is 471 Å². The second-order valence-electron chi connectivity index (χ2n) is 28.9. The highest BCUT2D eigenvalue weighted by Gasteiger charge is 2.83. The third-order valence-electron chi connectivity index (χ3n) is 26.0. The zero-order valence-corrected chi connectivity index (χ0v) is 47.6. The lowest BCUT2D eigenvalue weighted by atomic mass is 9.21. The van der Waals surface area contributed by atoms with Crippen molar-refractivity contribution >= 4 is 11.9 Å². The molecular weight excluding hydrogens is 1020 g/mol. The molecule has 0 aromatic carbocycles. The van der Waals surface area contributed by atoms with E-state index in [4.69, 9.17) is 15.2 Å². The van der Waals surface area contributed by atoms with Crippen LogP contribution in [-0.4, -0.2) is 142 Å². The highest BCUT2D eigenvalue weighted by Crippen LogP contribution is 2.87. The van der Waals surface area contributed by atoms with E-state index in [0.717, 1.165) is 82.0 Å². The number of fused-ring (bicyclic) bond motifs is 3. The molecule has 13 N–H and O–H groups in total. The number of allylic oxidation sites excluding steroid dienone is 2. The lowest BCUT2D eigenvalue weighted by Gasteiger charge is -2.83. The number of rotatable bonds is 15. The minimum absolute atomic E-state index is 0.0114. The van der Waals surface area contributed by atoms with Crippen LogP contribution in [0.25, 0.3) is 0 Å². The van der Waals surface area contributed by atoms with Crippen molar-refractivity contribution in [1.29, 1.82) is 0 Å². The molecule has 7 saturated carbocycles. The van der Waals surface area contributed by atoms with E-state index < -0.39 is 104 Å². The van der Waals surface area contributed by atoms with Crippen LogP contribution < -0.4 is 11.1 Å². The van der Waals surface area contributed by atoms with Crippen LogP contribution in [0.5, 0.6) is 0 Å². The van der Waals surface area contributed by atoms with E-state index in [1.54, 1.807) is 18.9 Å². The molecule has 18 heteroatoms. The fourth-order valence-electron chi connectivity index (χ4n) is 22.6. The van der Waals surface area contributed by atoms with Crippen molar-refractivity contribution in [3.8, 4) is 0 Å². The third kappa shape index (κ3) is 7.97. The molecule has 0 radical (unpaired) electrons. The van der Waals surface area contributed by atoms with Gasteiger partial charge in [-0.3, -0.25) is 9.59 Å². The van der Waals surface area contributed by atoms with Crippen molar-refractivity contribution in [2.75, 3.05) is 19.8 Å². The Morgan fingerprint density at radius 2 is 1.59 bits per heavy atom. The molecule has 21 atom stereocenters. The van der Waals surface area contributed by atoms with Gasteiger partial charge in [0, 0.05) is 53.2 Å². The average Bonchev–Trinajstić information content (AvgIpc) is 1.54. The largest absolute Gasteiger partial charge is 0.481 e. The SMILES string of the molecule is CC1(CO)CCC2(C(=O)O)CC(Cc3cnc[nH]3)C34CCCC5(CC=C3C2C1)C1(C2CCCCC2)C(CC2C(C(CCC(N)O)c3cnc[nH]3)NC(=O)C23CCCC3)C(O)C(OC2OCC(O)C(O)C2O)C(C)(CO)C1CCC45C. The van der Waals surface area contributed by atoms with Crippen molar-refractivity contribution in [3.63, 3.8) is 0 Å². The maximum atomic E-state index is 15.3. The zero-order chi connectivity index (χ0) is 56.4. The van der Waals surface area contributed by atoms with Crippen molar-refractivity contribution in [2.45, 2.75) is 223 Å². The van der Waals surface area contributed by atoms with E-state index in [0.29, 0.717) is 70.6 Å². The average molecular weight is 1120 g/mol. The highest BCUT2D eigenvalue weighted by molar-refractivity contribution is 5.86. The van der Waals surface area contributed by atoms with Gasteiger partial charge in [0.1, 0.15) is 24.5 Å². The van der Waals surface area contributed by atoms with Crippen molar-refractivity contribution in [1.82, 2.24) is 25.3 Å². The maximum absolute atomic E-state index is 15.3. The van der Waals surface area contributed by atoms with Crippen LogP contribution in [0.4, 0.5) is 0 Å². The second kappa shape index (κ2) is 20.7. The van der Waals surface area contributed by atoms with Crippen LogP contribution in [0.1, 0.15) is 179 Å². The number of aromatic amines is 2. The second-order valence-corrected chi connectivity index (χ2v) is 28.9. The lowest BCUT2D eigenvalue weighted by Crippen LogP contribution is -2.80. The number of aliphatic hydroxyl groups excluding tert-OH is 7. The first-order valence-electron chi connectivity index (χ1n) is 31.1. The number of H-pyrrole nitrogens is 2. The molecule has 2 aromatic heterocycles. The number of carbonyl (C=O) groups excluding carboxylic acids is 1. The number of amides is 1. The van der Waals surface area contributed by atoms with E-state index in [1.165, 1.54) is 5.57 Å². The highest BCUT2D eigenvalue weighted by atomic mass is 16.7. The molecule has 4 heterocycles. The number of nitrogens with zero attached hydrogens (tertiary/aromatic N) is 2. The fourth-order valence-corrected chi connectivity index (χ4v) is 22.6. The van der Waals surface area contributed by atoms with Gasteiger partial charge in [-0.05, 0) is 166 Å². The third-order valence-corrected chi connectivity index (χ3v) is 26.0. The van der Waals surface area contributed by atoms with Crippen molar-refractivity contribution in [2.24, 2.45) is 84.6 Å². The molecule has 21 unspecified atom stereocenters. The molecule has 2 saturated heterocycles. The first-order chi connectivity index (χ1) is 38.3. The Morgan fingerprint density at radius 1 is 0.838 bits per heavy atom. The van der Waals surface area contributed by atoms with Crippen LogP contribution in [0.2, 0.25) is 0 Å². The quantitative estimate of drug-likeness (QED) is 0.0574. The predicted octanol–water partition coefficient (Wildman–Crippen LogP) is 5.75. The van der Waals surface area contributed by atoms with Gasteiger partial charge in [0.2, 0.25) is 5.91 Å². The number of aliphatic carboxylic acids is 1. The summed E-state index contributed by atoms with van der Waals surface area (Å²) in [7, 11) is 0. The molecule has 444 valence electrons. The van der Waals surface area contributed by atoms with Gasteiger partial charge < -0.3 is 71.3 Å². The number of nitrogens with two attached hydrogens (primary N) is 1. The smallest absolute Gasteiger partial charge is 0.310 e. The summed E-state index contributed by atoms with van der Waals surface area (Å²) >= 11 is 0. The summed E-state index contributed by atoms with van der Waals surface area (Å²) in [5, 5.41) is 97.7. The molecular formula is C62H94N6O12. The standard InChI is InChI=1S/C62H94N6O12/c1-55(31-69)22-23-59(54(77)78)26-36(24-37-28-64-33-66-37)61-19-9-18-60(21-14-39(61)42(59)27-55)57(61,3)20-15-45-56(2,32-70)51(80-52-50(75)49(74)44(71)30-79-52)48(73)41(62(45,60)35-10-5-4-6-11-35)25-40-47(68-53(76)58(40)16-7-8-17-58)38(12-13-46(63)72)43-29-65-34-67-43/h14,28-29,33-36,38,40-42,44-52,69-75H,4-13,15-27,30-32,63H2,1-3H3,(H,64,66)(H,65,67)(H,68,76)(H,77,78). The molecule has 10 aliphatic rings. The number of imidazole rings is 2. The summed E-state index contributed by atoms with van der Waals surface area (Å²) < 4.78 is 13.1. The Hall–Kier alpha value is -3.30. The van der Waals surface area contributed by atoms with Gasteiger partial charge >= 0.3 is 5.97 Å². The molecule has 9 fully saturated rings. The molecule has 2 bridgehead atoms. The Balaban J connectivity index is 1.11. The Bertz CT molecular complexity index is 2590. The number of carboxylic acid groups (broad SMARTS) is 1. The van der Waals surface area contributed by atoms with Gasteiger partial charge in [0.25, 0.3) is 0 Å². The van der Waals surface area contributed by atoms with Gasteiger partial charge in [-0.15, -0.1) is 0 Å². The van der Waals surface area contributed by atoms with Crippen LogP contribution in [0, 0.1) is 78.8 Å². The molecule has 2 spiro atoms. The van der Waals surface area contributed by atoms with E-state index >= 15 is 4.79 Å². The van der Waals surface area contributed by atoms with Gasteiger partial charge in [-0.1, -0.05) is 70.9 Å². The predicted molar refractivity (Wildman–Crippen MR) is 293 cm³/mol. The van der Waals surface area contributed by atoms with Crippen molar-refractivity contribution < 1.29 is 59.9 Å². The molecule has 1 amide bonds. The Kier molecular flexibility index (Phi) is 14.8. The first-order valence-corrected chi connectivity index (χ1v) is 31.1. The number of carbonyl (C=O) groups is 2. The Morgan fingerprint density at radius 3 is 2.26 bits per heavy atom. The van der Waals surface area contributed by atoms with Gasteiger partial charge in [0.05, 0.1) is 48.9 Å². The fraction of sp³-hybridized carbons (Fsp3) is 0.839. The minimum atomic E-state index is -1.65. The monoisotopic (exact) mass is 1110 g/mol. The summed E-state index contributed by atoms with van der Waals surface area (Å²) in [6, 6.07) is -0.434. The number of nitrogens with one attached hydrogen (secondary N) is 3. The number of carboxylic acids is 1. The number of aliphatic hydroxyl groups is 7. The van der Waals surface area contributed by atoms with Crippen LogP contribution >= 0.6 is 0 Å².